The maximum absolute atomic E-state index is 13.1. The number of imide groups is 1. The van der Waals surface area contributed by atoms with Gasteiger partial charge in [-0.15, -0.1) is 0 Å². The molecule has 1 fully saturated rings. The minimum atomic E-state index is -0.459. The highest BCUT2D eigenvalue weighted by atomic mass is 35.5. The van der Waals surface area contributed by atoms with E-state index in [-0.39, 0.29) is 22.4 Å². The van der Waals surface area contributed by atoms with E-state index in [0.29, 0.717) is 27.8 Å². The second-order valence-electron chi connectivity index (χ2n) is 6.95. The molecule has 0 N–H and O–H groups in total. The summed E-state index contributed by atoms with van der Waals surface area (Å²) in [5.41, 5.74) is 1.71. The second-order valence-corrected chi connectivity index (χ2v) is 8.78. The largest absolute Gasteiger partial charge is 0.493 e. The molecule has 0 aromatic heterocycles. The number of hydrogen-bond acceptors (Lipinski definition) is 5. The Labute approximate surface area is 203 Å². The van der Waals surface area contributed by atoms with Crippen LogP contribution in [-0.4, -0.2) is 18.3 Å². The predicted molar refractivity (Wildman–Crippen MR) is 129 cm³/mol. The van der Waals surface area contributed by atoms with Crippen molar-refractivity contribution in [1.82, 2.24) is 0 Å². The lowest BCUT2D eigenvalue weighted by Gasteiger charge is -2.14. The Kier molecular flexibility index (Phi) is 6.93. The molecular formula is C24H16Cl2FNO4S. The van der Waals surface area contributed by atoms with Gasteiger partial charge in [-0.25, -0.2) is 9.29 Å². The second kappa shape index (κ2) is 9.87. The topological polar surface area (TPSA) is 55.8 Å². The van der Waals surface area contributed by atoms with Gasteiger partial charge in [-0.1, -0.05) is 41.4 Å². The number of amides is 2. The molecule has 0 atom stereocenters. The third kappa shape index (κ3) is 5.16. The van der Waals surface area contributed by atoms with E-state index in [4.69, 9.17) is 32.7 Å². The Bertz CT molecular complexity index is 1260. The van der Waals surface area contributed by atoms with Gasteiger partial charge < -0.3 is 9.47 Å². The van der Waals surface area contributed by atoms with E-state index in [9.17, 15) is 14.0 Å². The summed E-state index contributed by atoms with van der Waals surface area (Å²) in [6.45, 7) is 0.161. The Balaban J connectivity index is 1.58. The lowest BCUT2D eigenvalue weighted by atomic mass is 10.1. The Morgan fingerprint density at radius 2 is 1.82 bits per heavy atom. The zero-order chi connectivity index (χ0) is 23.5. The zero-order valence-corrected chi connectivity index (χ0v) is 19.5. The molecule has 0 unspecified atom stereocenters. The summed E-state index contributed by atoms with van der Waals surface area (Å²) < 4.78 is 24.3. The van der Waals surface area contributed by atoms with Gasteiger partial charge in [0.25, 0.3) is 11.1 Å². The van der Waals surface area contributed by atoms with Crippen LogP contribution in [-0.2, 0) is 11.4 Å². The van der Waals surface area contributed by atoms with Crippen molar-refractivity contribution in [1.29, 1.82) is 0 Å². The van der Waals surface area contributed by atoms with E-state index in [1.165, 1.54) is 19.2 Å². The van der Waals surface area contributed by atoms with E-state index < -0.39 is 11.1 Å². The molecule has 1 aliphatic heterocycles. The molecule has 3 aromatic rings. The number of halogens is 3. The molecule has 1 heterocycles. The molecule has 1 aliphatic rings. The highest BCUT2D eigenvalue weighted by Gasteiger charge is 2.36. The number of methoxy groups -OCH3 is 1. The van der Waals surface area contributed by atoms with Crippen LogP contribution < -0.4 is 14.4 Å². The number of carbonyl (C=O) groups excluding carboxylic acids is 2. The van der Waals surface area contributed by atoms with Gasteiger partial charge in [0, 0.05) is 5.02 Å². The highest BCUT2D eigenvalue weighted by Crippen LogP contribution is 2.40. The average Bonchev–Trinajstić information content (AvgIpc) is 3.06. The number of carbonyl (C=O) groups is 2. The molecule has 33 heavy (non-hydrogen) atoms. The van der Waals surface area contributed by atoms with Crippen LogP contribution in [0.4, 0.5) is 14.9 Å². The minimum Gasteiger partial charge on any atom is -0.493 e. The molecule has 0 saturated carbocycles. The molecule has 0 aliphatic carbocycles. The van der Waals surface area contributed by atoms with E-state index >= 15 is 0 Å². The van der Waals surface area contributed by atoms with Crippen LogP contribution in [0.1, 0.15) is 11.1 Å². The SMILES string of the molecule is COc1cc(/C=C2/SC(=O)N(c3cccc(Cl)c3)C2=O)cc(Cl)c1OCc1ccc(F)cc1. The molecule has 0 spiro atoms. The van der Waals surface area contributed by atoms with Crippen LogP contribution in [0.3, 0.4) is 0 Å². The van der Waals surface area contributed by atoms with Gasteiger partial charge in [0.2, 0.25) is 0 Å². The van der Waals surface area contributed by atoms with E-state index in [0.717, 1.165) is 22.2 Å². The fourth-order valence-electron chi connectivity index (χ4n) is 3.16. The Hall–Kier alpha value is -3.00. The number of nitrogens with zero attached hydrogens (tertiary/aromatic N) is 1. The number of anilines is 1. The van der Waals surface area contributed by atoms with Crippen molar-refractivity contribution in [3.05, 3.63) is 92.6 Å². The first-order chi connectivity index (χ1) is 15.9. The number of benzene rings is 3. The fraction of sp³-hybridized carbons (Fsp3) is 0.0833. The van der Waals surface area contributed by atoms with Crippen LogP contribution >= 0.6 is 35.0 Å². The van der Waals surface area contributed by atoms with Crippen molar-refractivity contribution in [3.8, 4) is 11.5 Å². The monoisotopic (exact) mass is 503 g/mol. The van der Waals surface area contributed by atoms with Gasteiger partial charge in [-0.05, 0) is 71.4 Å². The Morgan fingerprint density at radius 3 is 2.52 bits per heavy atom. The van der Waals surface area contributed by atoms with E-state index in [1.807, 2.05) is 0 Å². The quantitative estimate of drug-likeness (QED) is 0.340. The molecule has 5 nitrogen and oxygen atoms in total. The highest BCUT2D eigenvalue weighted by molar-refractivity contribution is 8.19. The lowest BCUT2D eigenvalue weighted by molar-refractivity contribution is -0.113. The number of ether oxygens (including phenoxy) is 2. The fourth-order valence-corrected chi connectivity index (χ4v) is 4.46. The summed E-state index contributed by atoms with van der Waals surface area (Å²) in [5.74, 6) is -0.130. The van der Waals surface area contributed by atoms with Gasteiger partial charge >= 0.3 is 0 Å². The number of hydrogen-bond donors (Lipinski definition) is 0. The summed E-state index contributed by atoms with van der Waals surface area (Å²) in [7, 11) is 1.47. The van der Waals surface area contributed by atoms with Gasteiger partial charge in [0.15, 0.2) is 11.5 Å². The minimum absolute atomic E-state index is 0.161. The molecule has 2 amide bonds. The number of rotatable bonds is 6. The summed E-state index contributed by atoms with van der Waals surface area (Å²) in [5, 5.41) is 0.255. The normalized spacial score (nSPS) is 14.8. The van der Waals surface area contributed by atoms with Crippen molar-refractivity contribution in [2.45, 2.75) is 6.61 Å². The zero-order valence-electron chi connectivity index (χ0n) is 17.2. The summed E-state index contributed by atoms with van der Waals surface area (Å²) in [4.78, 5) is 26.7. The first-order valence-electron chi connectivity index (χ1n) is 9.64. The summed E-state index contributed by atoms with van der Waals surface area (Å²) in [6.07, 6.45) is 1.56. The van der Waals surface area contributed by atoms with Gasteiger partial charge in [0.05, 0.1) is 22.7 Å². The molecular weight excluding hydrogens is 488 g/mol. The maximum atomic E-state index is 13.1. The smallest absolute Gasteiger partial charge is 0.298 e. The van der Waals surface area contributed by atoms with Crippen LogP contribution in [0.15, 0.2) is 65.6 Å². The third-order valence-corrected chi connectivity index (χ3v) is 6.09. The first kappa shape index (κ1) is 23.2. The summed E-state index contributed by atoms with van der Waals surface area (Å²) in [6, 6.07) is 15.7. The van der Waals surface area contributed by atoms with Gasteiger partial charge in [-0.3, -0.25) is 9.59 Å². The van der Waals surface area contributed by atoms with Crippen LogP contribution in [0.25, 0.3) is 6.08 Å². The molecule has 1 saturated heterocycles. The number of thioether (sulfide) groups is 1. The lowest BCUT2D eigenvalue weighted by Crippen LogP contribution is -2.27. The summed E-state index contributed by atoms with van der Waals surface area (Å²) >= 11 is 13.2. The molecule has 4 rings (SSSR count). The van der Waals surface area contributed by atoms with Crippen molar-refractivity contribution < 1.29 is 23.5 Å². The first-order valence-corrected chi connectivity index (χ1v) is 11.2. The van der Waals surface area contributed by atoms with Crippen molar-refractivity contribution in [2.75, 3.05) is 12.0 Å². The molecule has 9 heteroatoms. The average molecular weight is 504 g/mol. The van der Waals surface area contributed by atoms with Crippen molar-refractivity contribution >= 4 is 57.9 Å². The van der Waals surface area contributed by atoms with Gasteiger partial charge in [0.1, 0.15) is 12.4 Å². The van der Waals surface area contributed by atoms with Crippen LogP contribution in [0, 0.1) is 5.82 Å². The van der Waals surface area contributed by atoms with Crippen molar-refractivity contribution in [2.24, 2.45) is 0 Å². The van der Waals surface area contributed by atoms with Crippen LogP contribution in [0.5, 0.6) is 11.5 Å². The molecule has 0 radical (unpaired) electrons. The Morgan fingerprint density at radius 1 is 1.06 bits per heavy atom. The van der Waals surface area contributed by atoms with Crippen molar-refractivity contribution in [3.63, 3.8) is 0 Å². The van der Waals surface area contributed by atoms with E-state index in [2.05, 4.69) is 0 Å². The van der Waals surface area contributed by atoms with Gasteiger partial charge in [-0.2, -0.15) is 0 Å². The molecule has 3 aromatic carbocycles. The third-order valence-electron chi connectivity index (χ3n) is 4.71. The molecule has 0 bridgehead atoms. The van der Waals surface area contributed by atoms with E-state index in [1.54, 1.807) is 54.6 Å². The molecule has 168 valence electrons. The predicted octanol–water partition coefficient (Wildman–Crippen LogP) is 6.96. The standard InChI is InChI=1S/C24H16Cl2FNO4S/c1-31-20-10-15(9-19(26)22(20)32-13-14-5-7-17(27)8-6-14)11-21-23(29)28(24(30)33-21)18-4-2-3-16(25)12-18/h2-12H,13H2,1H3/b21-11+. The maximum Gasteiger partial charge on any atom is 0.298 e. The van der Waals surface area contributed by atoms with Crippen LogP contribution in [0.2, 0.25) is 10.0 Å².